The van der Waals surface area contributed by atoms with E-state index in [4.69, 9.17) is 4.74 Å². The van der Waals surface area contributed by atoms with Crippen LogP contribution in [0.1, 0.15) is 15.9 Å². The molecule has 0 fully saturated rings. The average molecular weight is 339 g/mol. The van der Waals surface area contributed by atoms with Gasteiger partial charge in [-0.3, -0.25) is 0 Å². The van der Waals surface area contributed by atoms with Gasteiger partial charge in [0.15, 0.2) is 0 Å². The number of benzene rings is 2. The number of ether oxygens (including phenoxy) is 2. The van der Waals surface area contributed by atoms with Crippen molar-refractivity contribution in [2.45, 2.75) is 6.61 Å². The minimum absolute atomic E-state index is 0.244. The monoisotopic (exact) mass is 338 g/mol. The van der Waals surface area contributed by atoms with Gasteiger partial charge in [0, 0.05) is 0 Å². The van der Waals surface area contributed by atoms with Crippen LogP contribution in [0.5, 0.6) is 5.75 Å². The van der Waals surface area contributed by atoms with Gasteiger partial charge in [-0.1, -0.05) is 12.1 Å². The zero-order valence-corrected chi connectivity index (χ0v) is 12.3. The van der Waals surface area contributed by atoms with Crippen LogP contribution in [-0.2, 0) is 11.3 Å². The second-order valence-electron chi connectivity index (χ2n) is 4.06. The van der Waals surface area contributed by atoms with Crippen molar-refractivity contribution in [2.75, 3.05) is 7.11 Å². The summed E-state index contributed by atoms with van der Waals surface area (Å²) >= 11 is 3.33. The molecule has 0 aliphatic carbocycles. The predicted octanol–water partition coefficient (Wildman–Crippen LogP) is 3.95. The molecule has 0 aliphatic heterocycles. The van der Waals surface area contributed by atoms with Gasteiger partial charge in [0.05, 0.1) is 17.1 Å². The highest BCUT2D eigenvalue weighted by Crippen LogP contribution is 2.27. The van der Waals surface area contributed by atoms with Gasteiger partial charge < -0.3 is 9.47 Å². The molecular formula is C15H12BrFO3. The molecule has 20 heavy (non-hydrogen) atoms. The molecule has 0 aliphatic rings. The second kappa shape index (κ2) is 6.52. The molecule has 0 aromatic heterocycles. The van der Waals surface area contributed by atoms with E-state index in [0.29, 0.717) is 15.8 Å². The molecule has 0 atom stereocenters. The fourth-order valence-corrected chi connectivity index (χ4v) is 2.14. The van der Waals surface area contributed by atoms with Crippen molar-refractivity contribution in [3.05, 3.63) is 63.9 Å². The van der Waals surface area contributed by atoms with Gasteiger partial charge in [0.25, 0.3) is 0 Å². The van der Waals surface area contributed by atoms with Crippen molar-refractivity contribution in [2.24, 2.45) is 0 Å². The van der Waals surface area contributed by atoms with Gasteiger partial charge in [0.1, 0.15) is 18.2 Å². The number of hydrogen-bond acceptors (Lipinski definition) is 3. The van der Waals surface area contributed by atoms with Crippen LogP contribution >= 0.6 is 15.9 Å². The Hall–Kier alpha value is -1.88. The summed E-state index contributed by atoms with van der Waals surface area (Å²) in [5.74, 6) is -0.143. The van der Waals surface area contributed by atoms with Crippen LogP contribution in [0, 0.1) is 5.82 Å². The Morgan fingerprint density at radius 2 is 2.05 bits per heavy atom. The van der Waals surface area contributed by atoms with E-state index >= 15 is 0 Å². The first-order valence-electron chi connectivity index (χ1n) is 5.85. The van der Waals surface area contributed by atoms with Crippen molar-refractivity contribution in [1.82, 2.24) is 0 Å². The van der Waals surface area contributed by atoms with Crippen LogP contribution in [0.25, 0.3) is 0 Å². The van der Waals surface area contributed by atoms with E-state index in [1.54, 1.807) is 30.3 Å². The summed E-state index contributed by atoms with van der Waals surface area (Å²) in [5.41, 5.74) is 1.16. The van der Waals surface area contributed by atoms with Crippen molar-refractivity contribution in [3.63, 3.8) is 0 Å². The summed E-state index contributed by atoms with van der Waals surface area (Å²) in [6, 6.07) is 11.1. The normalized spacial score (nSPS) is 10.2. The molecule has 2 aromatic rings. The summed E-state index contributed by atoms with van der Waals surface area (Å²) in [6.45, 7) is 0.244. The quantitative estimate of drug-likeness (QED) is 0.791. The Labute approximate surface area is 124 Å². The number of halogens is 2. The van der Waals surface area contributed by atoms with Crippen molar-refractivity contribution in [3.8, 4) is 5.75 Å². The number of esters is 1. The third kappa shape index (κ3) is 3.57. The van der Waals surface area contributed by atoms with Crippen molar-refractivity contribution >= 4 is 21.9 Å². The minimum Gasteiger partial charge on any atom is -0.488 e. The van der Waals surface area contributed by atoms with Crippen molar-refractivity contribution < 1.29 is 18.7 Å². The lowest BCUT2D eigenvalue weighted by Crippen LogP contribution is -2.02. The Bertz CT molecular complexity index is 628. The van der Waals surface area contributed by atoms with Gasteiger partial charge in [-0.25, -0.2) is 9.18 Å². The molecule has 2 rings (SSSR count). The van der Waals surface area contributed by atoms with Gasteiger partial charge in [-0.2, -0.15) is 0 Å². The molecule has 5 heteroatoms. The zero-order chi connectivity index (χ0) is 14.5. The molecule has 3 nitrogen and oxygen atoms in total. The molecule has 0 unspecified atom stereocenters. The van der Waals surface area contributed by atoms with E-state index in [-0.39, 0.29) is 12.4 Å². The van der Waals surface area contributed by atoms with Gasteiger partial charge in [-0.15, -0.1) is 0 Å². The summed E-state index contributed by atoms with van der Waals surface area (Å²) < 4.78 is 23.9. The van der Waals surface area contributed by atoms with E-state index in [9.17, 15) is 9.18 Å². The summed E-state index contributed by atoms with van der Waals surface area (Å²) in [7, 11) is 1.32. The standard InChI is InChI=1S/C15H12BrFO3/c1-19-15(18)11-5-6-14(13(16)8-11)20-9-10-3-2-4-12(17)7-10/h2-8H,9H2,1H3. The lowest BCUT2D eigenvalue weighted by molar-refractivity contribution is 0.0600. The lowest BCUT2D eigenvalue weighted by Gasteiger charge is -2.09. The lowest BCUT2D eigenvalue weighted by atomic mass is 10.2. The Morgan fingerprint density at radius 1 is 1.25 bits per heavy atom. The van der Waals surface area contributed by atoms with E-state index in [1.807, 2.05) is 0 Å². The Balaban J connectivity index is 2.08. The summed E-state index contributed by atoms with van der Waals surface area (Å²) in [6.07, 6.45) is 0. The van der Waals surface area contributed by atoms with E-state index in [0.717, 1.165) is 5.56 Å². The van der Waals surface area contributed by atoms with E-state index in [2.05, 4.69) is 20.7 Å². The SMILES string of the molecule is COC(=O)c1ccc(OCc2cccc(F)c2)c(Br)c1. The molecule has 0 radical (unpaired) electrons. The topological polar surface area (TPSA) is 35.5 Å². The number of hydrogen-bond donors (Lipinski definition) is 0. The molecule has 0 N–H and O–H groups in total. The predicted molar refractivity (Wildman–Crippen MR) is 76.2 cm³/mol. The first kappa shape index (κ1) is 14.5. The number of carbonyl (C=O) groups is 1. The van der Waals surface area contributed by atoms with Crippen LogP contribution in [0.4, 0.5) is 4.39 Å². The molecular weight excluding hydrogens is 327 g/mol. The average Bonchev–Trinajstić information content (AvgIpc) is 2.45. The highest BCUT2D eigenvalue weighted by atomic mass is 79.9. The third-order valence-corrected chi connectivity index (χ3v) is 3.26. The largest absolute Gasteiger partial charge is 0.488 e. The first-order valence-corrected chi connectivity index (χ1v) is 6.64. The highest BCUT2D eigenvalue weighted by Gasteiger charge is 2.09. The maximum atomic E-state index is 13.0. The maximum absolute atomic E-state index is 13.0. The molecule has 0 saturated carbocycles. The highest BCUT2D eigenvalue weighted by molar-refractivity contribution is 9.10. The number of carbonyl (C=O) groups excluding carboxylic acids is 1. The van der Waals surface area contributed by atoms with Gasteiger partial charge in [-0.05, 0) is 51.8 Å². The molecule has 104 valence electrons. The smallest absolute Gasteiger partial charge is 0.337 e. The van der Waals surface area contributed by atoms with Crippen molar-refractivity contribution in [1.29, 1.82) is 0 Å². The Kier molecular flexibility index (Phi) is 4.74. The second-order valence-corrected chi connectivity index (χ2v) is 4.91. The van der Waals surface area contributed by atoms with Gasteiger partial charge >= 0.3 is 5.97 Å². The minimum atomic E-state index is -0.414. The fraction of sp³-hybridized carbons (Fsp3) is 0.133. The molecule has 0 amide bonds. The summed E-state index contributed by atoms with van der Waals surface area (Å²) in [5, 5.41) is 0. The molecule has 0 heterocycles. The van der Waals surface area contributed by atoms with Crippen LogP contribution in [0.15, 0.2) is 46.9 Å². The molecule has 0 spiro atoms. The zero-order valence-electron chi connectivity index (χ0n) is 10.7. The van der Waals surface area contributed by atoms with Gasteiger partial charge in [0.2, 0.25) is 0 Å². The molecule has 2 aromatic carbocycles. The third-order valence-electron chi connectivity index (χ3n) is 2.64. The first-order chi connectivity index (χ1) is 9.60. The molecule has 0 saturated heterocycles. The van der Waals surface area contributed by atoms with Crippen LogP contribution in [0.3, 0.4) is 0 Å². The Morgan fingerprint density at radius 3 is 2.70 bits per heavy atom. The summed E-state index contributed by atoms with van der Waals surface area (Å²) in [4.78, 5) is 11.4. The fourth-order valence-electron chi connectivity index (χ4n) is 1.65. The number of rotatable bonds is 4. The number of methoxy groups -OCH3 is 1. The van der Waals surface area contributed by atoms with E-state index < -0.39 is 5.97 Å². The van der Waals surface area contributed by atoms with Crippen LogP contribution in [-0.4, -0.2) is 13.1 Å². The molecule has 0 bridgehead atoms. The van der Waals surface area contributed by atoms with Crippen LogP contribution in [0.2, 0.25) is 0 Å². The van der Waals surface area contributed by atoms with E-state index in [1.165, 1.54) is 19.2 Å². The van der Waals surface area contributed by atoms with Crippen LogP contribution < -0.4 is 4.74 Å². The maximum Gasteiger partial charge on any atom is 0.337 e.